The van der Waals surface area contributed by atoms with Gasteiger partial charge in [-0.3, -0.25) is 0 Å². The predicted octanol–water partition coefficient (Wildman–Crippen LogP) is 2.71. The van der Waals surface area contributed by atoms with Gasteiger partial charge in [0.2, 0.25) is 0 Å². The Morgan fingerprint density at radius 1 is 1.00 bits per heavy atom. The van der Waals surface area contributed by atoms with Gasteiger partial charge in [-0.15, -0.1) is 0 Å². The van der Waals surface area contributed by atoms with Crippen LogP contribution in [0.1, 0.15) is 25.7 Å². The van der Waals surface area contributed by atoms with Crippen LogP contribution in [-0.2, 0) is 4.74 Å². The molecule has 92 valence electrons. The maximum absolute atomic E-state index is 12.8. The van der Waals surface area contributed by atoms with E-state index >= 15 is 0 Å². The molecule has 2 rings (SSSR count). The third-order valence-electron chi connectivity index (χ3n) is 3.17. The van der Waals surface area contributed by atoms with Gasteiger partial charge in [-0.1, -0.05) is 0 Å². The standard InChI is InChI=1S/C11H16F3NO/c12-11(13,14)9-3-1-2-4-10(9)15-5-7-16-8-6-15/h1-8H2. The Balaban J connectivity index is 2.21. The first-order chi connectivity index (χ1) is 7.59. The van der Waals surface area contributed by atoms with Crippen molar-refractivity contribution in [3.05, 3.63) is 11.3 Å². The minimum atomic E-state index is -4.16. The lowest BCUT2D eigenvalue weighted by Crippen LogP contribution is -2.38. The highest BCUT2D eigenvalue weighted by Crippen LogP contribution is 2.38. The molecule has 0 N–H and O–H groups in total. The predicted molar refractivity (Wildman–Crippen MR) is 53.9 cm³/mol. The molecule has 0 aromatic rings. The maximum Gasteiger partial charge on any atom is 0.414 e. The SMILES string of the molecule is FC(F)(F)C1=C(N2CCOCC2)CCCC1. The lowest BCUT2D eigenvalue weighted by Gasteiger charge is -2.35. The molecule has 1 fully saturated rings. The minimum absolute atomic E-state index is 0.177. The Kier molecular flexibility index (Phi) is 3.42. The lowest BCUT2D eigenvalue weighted by atomic mass is 9.94. The van der Waals surface area contributed by atoms with Crippen LogP contribution in [0.25, 0.3) is 0 Å². The fourth-order valence-electron chi connectivity index (χ4n) is 2.38. The monoisotopic (exact) mass is 235 g/mol. The molecule has 0 aromatic heterocycles. The van der Waals surface area contributed by atoms with Crippen molar-refractivity contribution in [1.82, 2.24) is 4.90 Å². The first-order valence-corrected chi connectivity index (χ1v) is 5.71. The van der Waals surface area contributed by atoms with E-state index in [0.29, 0.717) is 44.8 Å². The van der Waals surface area contributed by atoms with Gasteiger partial charge in [0.25, 0.3) is 0 Å². The van der Waals surface area contributed by atoms with Crippen molar-refractivity contribution in [2.45, 2.75) is 31.9 Å². The zero-order valence-corrected chi connectivity index (χ0v) is 9.15. The first kappa shape index (κ1) is 11.8. The van der Waals surface area contributed by atoms with E-state index in [1.807, 2.05) is 4.90 Å². The summed E-state index contributed by atoms with van der Waals surface area (Å²) in [5.41, 5.74) is 0.211. The second-order valence-corrected chi connectivity index (χ2v) is 4.23. The fourth-order valence-corrected chi connectivity index (χ4v) is 2.38. The summed E-state index contributed by atoms with van der Waals surface area (Å²) in [6.07, 6.45) is -1.89. The number of hydrogen-bond acceptors (Lipinski definition) is 2. The van der Waals surface area contributed by atoms with E-state index in [4.69, 9.17) is 4.74 Å². The molecule has 2 aliphatic rings. The molecule has 0 spiro atoms. The van der Waals surface area contributed by atoms with E-state index in [9.17, 15) is 13.2 Å². The number of hydrogen-bond donors (Lipinski definition) is 0. The molecule has 16 heavy (non-hydrogen) atoms. The highest BCUT2D eigenvalue weighted by atomic mass is 19.4. The summed E-state index contributed by atoms with van der Waals surface area (Å²) in [6.45, 7) is 2.26. The van der Waals surface area contributed by atoms with Gasteiger partial charge in [0.05, 0.1) is 18.8 Å². The van der Waals surface area contributed by atoms with Crippen molar-refractivity contribution < 1.29 is 17.9 Å². The van der Waals surface area contributed by atoms with Crippen LogP contribution in [0.5, 0.6) is 0 Å². The quantitative estimate of drug-likeness (QED) is 0.693. The van der Waals surface area contributed by atoms with Crippen LogP contribution in [0.3, 0.4) is 0 Å². The van der Waals surface area contributed by atoms with E-state index in [1.165, 1.54) is 0 Å². The van der Waals surface area contributed by atoms with Crippen molar-refractivity contribution in [2.24, 2.45) is 0 Å². The van der Waals surface area contributed by atoms with Gasteiger partial charge >= 0.3 is 6.18 Å². The van der Waals surface area contributed by atoms with Gasteiger partial charge in [0.15, 0.2) is 0 Å². The molecule has 0 amide bonds. The van der Waals surface area contributed by atoms with E-state index in [2.05, 4.69) is 0 Å². The number of nitrogens with zero attached hydrogens (tertiary/aromatic N) is 1. The normalized spacial score (nSPS) is 23.8. The number of morpholine rings is 1. The number of alkyl halides is 3. The Morgan fingerprint density at radius 2 is 1.62 bits per heavy atom. The minimum Gasteiger partial charge on any atom is -0.378 e. The highest BCUT2D eigenvalue weighted by molar-refractivity contribution is 5.21. The van der Waals surface area contributed by atoms with Gasteiger partial charge in [0.1, 0.15) is 0 Å². The van der Waals surface area contributed by atoms with Crippen molar-refractivity contribution in [3.8, 4) is 0 Å². The molecule has 2 nitrogen and oxygen atoms in total. The van der Waals surface area contributed by atoms with Crippen LogP contribution in [0, 0.1) is 0 Å². The van der Waals surface area contributed by atoms with Gasteiger partial charge in [-0.05, 0) is 25.7 Å². The van der Waals surface area contributed by atoms with Gasteiger partial charge in [-0.2, -0.15) is 13.2 Å². The molecule has 1 heterocycles. The second kappa shape index (κ2) is 4.65. The van der Waals surface area contributed by atoms with E-state index in [1.54, 1.807) is 0 Å². The molecule has 0 radical (unpaired) electrons. The molecule has 0 bridgehead atoms. The molecular formula is C11H16F3NO. The van der Waals surface area contributed by atoms with E-state index < -0.39 is 6.18 Å². The third kappa shape index (κ3) is 2.51. The summed E-state index contributed by atoms with van der Waals surface area (Å²) in [6, 6.07) is 0. The average Bonchev–Trinajstić information content (AvgIpc) is 2.29. The van der Waals surface area contributed by atoms with Crippen LogP contribution in [-0.4, -0.2) is 37.4 Å². The highest BCUT2D eigenvalue weighted by Gasteiger charge is 2.38. The number of halogens is 3. The molecule has 1 aliphatic carbocycles. The molecule has 1 aliphatic heterocycles. The third-order valence-corrected chi connectivity index (χ3v) is 3.17. The summed E-state index contributed by atoms with van der Waals surface area (Å²) in [5.74, 6) is 0. The van der Waals surface area contributed by atoms with Gasteiger partial charge in [-0.25, -0.2) is 0 Å². The molecule has 5 heteroatoms. The van der Waals surface area contributed by atoms with Crippen LogP contribution < -0.4 is 0 Å². The van der Waals surface area contributed by atoms with Crippen LogP contribution in [0.2, 0.25) is 0 Å². The summed E-state index contributed by atoms with van der Waals surface area (Å²) in [4.78, 5) is 1.85. The largest absolute Gasteiger partial charge is 0.414 e. The van der Waals surface area contributed by atoms with E-state index in [-0.39, 0.29) is 12.0 Å². The molecule has 0 unspecified atom stereocenters. The van der Waals surface area contributed by atoms with Gasteiger partial charge < -0.3 is 9.64 Å². The Labute approximate surface area is 93.1 Å². The van der Waals surface area contributed by atoms with Gasteiger partial charge in [0, 0.05) is 18.8 Å². The number of allylic oxidation sites excluding steroid dienone is 2. The summed E-state index contributed by atoms with van der Waals surface area (Å²) >= 11 is 0. The Bertz CT molecular complexity index is 279. The zero-order valence-electron chi connectivity index (χ0n) is 9.15. The van der Waals surface area contributed by atoms with Crippen molar-refractivity contribution >= 4 is 0 Å². The maximum atomic E-state index is 12.8. The molecule has 1 saturated heterocycles. The summed E-state index contributed by atoms with van der Waals surface area (Å²) in [7, 11) is 0. The van der Waals surface area contributed by atoms with Crippen LogP contribution >= 0.6 is 0 Å². The van der Waals surface area contributed by atoms with Crippen LogP contribution in [0.4, 0.5) is 13.2 Å². The first-order valence-electron chi connectivity index (χ1n) is 5.71. The van der Waals surface area contributed by atoms with Crippen molar-refractivity contribution in [2.75, 3.05) is 26.3 Å². The lowest BCUT2D eigenvalue weighted by molar-refractivity contribution is -0.0983. The summed E-state index contributed by atoms with van der Waals surface area (Å²) in [5, 5.41) is 0. The zero-order chi connectivity index (χ0) is 11.6. The number of rotatable bonds is 1. The molecule has 0 atom stereocenters. The topological polar surface area (TPSA) is 12.5 Å². The van der Waals surface area contributed by atoms with Crippen molar-refractivity contribution in [1.29, 1.82) is 0 Å². The molecule has 0 aromatic carbocycles. The smallest absolute Gasteiger partial charge is 0.378 e. The van der Waals surface area contributed by atoms with Crippen molar-refractivity contribution in [3.63, 3.8) is 0 Å². The number of ether oxygens (including phenoxy) is 1. The Hall–Kier alpha value is -0.710. The average molecular weight is 235 g/mol. The van der Waals surface area contributed by atoms with E-state index in [0.717, 1.165) is 6.42 Å². The Morgan fingerprint density at radius 3 is 2.25 bits per heavy atom. The fraction of sp³-hybridized carbons (Fsp3) is 0.818. The molecule has 0 saturated carbocycles. The summed E-state index contributed by atoms with van der Waals surface area (Å²) < 4.78 is 43.7. The second-order valence-electron chi connectivity index (χ2n) is 4.23. The van der Waals surface area contributed by atoms with Crippen LogP contribution in [0.15, 0.2) is 11.3 Å². The molecular weight excluding hydrogens is 219 g/mol.